The van der Waals surface area contributed by atoms with Crippen molar-refractivity contribution in [1.82, 2.24) is 5.32 Å². The number of carbonyl (C=O) groups excluding carboxylic acids is 1. The lowest BCUT2D eigenvalue weighted by molar-refractivity contribution is -0.118. The minimum Gasteiger partial charge on any atom is -0.351 e. The van der Waals surface area contributed by atoms with Crippen molar-refractivity contribution in [1.29, 1.82) is 0 Å². The molecular formula is C11H11Br2NOS. The molecule has 0 bridgehead atoms. The molecular weight excluding hydrogens is 354 g/mol. The van der Waals surface area contributed by atoms with E-state index in [2.05, 4.69) is 43.8 Å². The lowest BCUT2D eigenvalue weighted by atomic mass is 10.4. The first-order valence-corrected chi connectivity index (χ1v) is 7.13. The van der Waals surface area contributed by atoms with E-state index in [1.54, 1.807) is 0 Å². The van der Waals surface area contributed by atoms with Gasteiger partial charge in [-0.25, -0.2) is 0 Å². The van der Waals surface area contributed by atoms with Crippen LogP contribution in [0.2, 0.25) is 0 Å². The van der Waals surface area contributed by atoms with Crippen molar-refractivity contribution >= 4 is 49.5 Å². The molecule has 0 spiro atoms. The first-order chi connectivity index (χ1) is 7.58. The first-order valence-electron chi connectivity index (χ1n) is 4.56. The number of hydrogen-bond acceptors (Lipinski definition) is 2. The van der Waals surface area contributed by atoms with Crippen LogP contribution in [0.1, 0.15) is 0 Å². The van der Waals surface area contributed by atoms with Crippen molar-refractivity contribution in [3.63, 3.8) is 0 Å². The molecule has 5 heteroatoms. The Bertz CT molecular complexity index is 378. The van der Waals surface area contributed by atoms with Crippen LogP contribution >= 0.6 is 43.6 Å². The zero-order chi connectivity index (χ0) is 12.0. The molecule has 0 fully saturated rings. The maximum atomic E-state index is 11.4. The van der Waals surface area contributed by atoms with Crippen LogP contribution in [0.15, 0.2) is 44.7 Å². The van der Waals surface area contributed by atoms with Gasteiger partial charge in [0.05, 0.1) is 5.75 Å². The highest BCUT2D eigenvalue weighted by atomic mass is 79.9. The Morgan fingerprint density at radius 1 is 1.38 bits per heavy atom. The molecule has 0 aromatic heterocycles. The molecule has 1 aromatic carbocycles. The molecule has 0 radical (unpaired) electrons. The highest BCUT2D eigenvalue weighted by Crippen LogP contribution is 2.20. The average Bonchev–Trinajstić information content (AvgIpc) is 2.25. The molecule has 1 aromatic rings. The lowest BCUT2D eigenvalue weighted by Crippen LogP contribution is -2.25. The average molecular weight is 365 g/mol. The summed E-state index contributed by atoms with van der Waals surface area (Å²) in [4.78, 5) is 12.5. The minimum absolute atomic E-state index is 0.00789. The topological polar surface area (TPSA) is 29.1 Å². The quantitative estimate of drug-likeness (QED) is 0.809. The van der Waals surface area contributed by atoms with Gasteiger partial charge < -0.3 is 5.32 Å². The highest BCUT2D eigenvalue weighted by molar-refractivity contribution is 9.11. The van der Waals surface area contributed by atoms with Gasteiger partial charge in [0.2, 0.25) is 5.91 Å². The predicted octanol–water partition coefficient (Wildman–Crippen LogP) is 3.57. The van der Waals surface area contributed by atoms with Crippen molar-refractivity contribution in [3.8, 4) is 0 Å². The lowest BCUT2D eigenvalue weighted by Gasteiger charge is -2.04. The molecule has 1 N–H and O–H groups in total. The van der Waals surface area contributed by atoms with Gasteiger partial charge in [0.15, 0.2) is 0 Å². The smallest absolute Gasteiger partial charge is 0.230 e. The van der Waals surface area contributed by atoms with E-state index >= 15 is 0 Å². The van der Waals surface area contributed by atoms with Crippen molar-refractivity contribution in [2.24, 2.45) is 0 Å². The number of hydrogen-bond donors (Lipinski definition) is 1. The molecule has 0 aliphatic carbocycles. The zero-order valence-corrected chi connectivity index (χ0v) is 12.5. The second-order valence-electron chi connectivity index (χ2n) is 3.04. The van der Waals surface area contributed by atoms with Crippen molar-refractivity contribution in [3.05, 3.63) is 39.8 Å². The number of carbonyl (C=O) groups is 1. The molecule has 0 unspecified atom stereocenters. The van der Waals surface area contributed by atoms with Crippen molar-refractivity contribution in [2.75, 3.05) is 12.3 Å². The summed E-state index contributed by atoms with van der Waals surface area (Å²) in [7, 11) is 0. The maximum Gasteiger partial charge on any atom is 0.230 e. The van der Waals surface area contributed by atoms with Crippen LogP contribution in [0.3, 0.4) is 0 Å². The van der Waals surface area contributed by atoms with E-state index in [0.29, 0.717) is 12.3 Å². The van der Waals surface area contributed by atoms with Gasteiger partial charge in [0.1, 0.15) is 0 Å². The Hall–Kier alpha value is -0.260. The van der Waals surface area contributed by atoms with Gasteiger partial charge in [-0.05, 0) is 24.3 Å². The fraction of sp³-hybridized carbons (Fsp3) is 0.182. The number of amides is 1. The van der Waals surface area contributed by atoms with Crippen LogP contribution in [0.5, 0.6) is 0 Å². The zero-order valence-electron chi connectivity index (χ0n) is 8.50. The Morgan fingerprint density at radius 3 is 2.56 bits per heavy atom. The number of benzene rings is 1. The Morgan fingerprint density at radius 2 is 2.00 bits per heavy atom. The number of halogens is 2. The number of thioether (sulfide) groups is 1. The normalized spacial score (nSPS) is 9.88. The maximum absolute atomic E-state index is 11.4. The Labute approximate surface area is 116 Å². The standard InChI is InChI=1S/C11H11Br2NOS/c1-8(12)6-14-11(15)7-16-10-4-2-9(13)3-5-10/h2-5H,1,6-7H2,(H,14,15). The van der Waals surface area contributed by atoms with Crippen LogP contribution < -0.4 is 5.32 Å². The van der Waals surface area contributed by atoms with Crippen LogP contribution in [-0.2, 0) is 4.79 Å². The molecule has 0 heterocycles. The van der Waals surface area contributed by atoms with E-state index in [4.69, 9.17) is 0 Å². The van der Waals surface area contributed by atoms with E-state index in [0.717, 1.165) is 13.9 Å². The fourth-order valence-electron chi connectivity index (χ4n) is 0.925. The van der Waals surface area contributed by atoms with E-state index in [-0.39, 0.29) is 5.91 Å². The van der Waals surface area contributed by atoms with Crippen LogP contribution in [-0.4, -0.2) is 18.2 Å². The third-order valence-electron chi connectivity index (χ3n) is 1.66. The molecule has 16 heavy (non-hydrogen) atoms. The second kappa shape index (κ2) is 7.14. The van der Waals surface area contributed by atoms with Gasteiger partial charge in [-0.3, -0.25) is 4.79 Å². The van der Waals surface area contributed by atoms with E-state index in [1.807, 2.05) is 24.3 Å². The van der Waals surface area contributed by atoms with E-state index in [9.17, 15) is 4.79 Å². The molecule has 0 aliphatic rings. The molecule has 1 amide bonds. The summed E-state index contributed by atoms with van der Waals surface area (Å²) < 4.78 is 1.81. The largest absolute Gasteiger partial charge is 0.351 e. The Balaban J connectivity index is 2.31. The van der Waals surface area contributed by atoms with Crippen LogP contribution in [0.25, 0.3) is 0 Å². The van der Waals surface area contributed by atoms with E-state index in [1.165, 1.54) is 11.8 Å². The molecule has 0 saturated heterocycles. The number of rotatable bonds is 5. The molecule has 2 nitrogen and oxygen atoms in total. The summed E-state index contributed by atoms with van der Waals surface area (Å²) in [5.41, 5.74) is 0. The summed E-state index contributed by atoms with van der Waals surface area (Å²) >= 11 is 8.06. The minimum atomic E-state index is 0.00789. The SMILES string of the molecule is C=C(Br)CNC(=O)CSc1ccc(Br)cc1. The van der Waals surface area contributed by atoms with Gasteiger partial charge in [-0.1, -0.05) is 38.4 Å². The molecule has 0 atom stereocenters. The summed E-state index contributed by atoms with van der Waals surface area (Å²) in [5, 5.41) is 2.75. The Kier molecular flexibility index (Phi) is 6.16. The summed E-state index contributed by atoms with van der Waals surface area (Å²) in [6.45, 7) is 4.12. The second-order valence-corrected chi connectivity index (χ2v) is 6.12. The third kappa shape index (κ3) is 5.72. The molecule has 1 rings (SSSR count). The van der Waals surface area contributed by atoms with Gasteiger partial charge >= 0.3 is 0 Å². The third-order valence-corrected chi connectivity index (χ3v) is 3.48. The first kappa shape index (κ1) is 13.8. The predicted molar refractivity (Wildman–Crippen MR) is 75.9 cm³/mol. The molecule has 0 saturated carbocycles. The summed E-state index contributed by atoms with van der Waals surface area (Å²) in [6, 6.07) is 7.87. The van der Waals surface area contributed by atoms with Crippen molar-refractivity contribution in [2.45, 2.75) is 4.90 Å². The molecule has 86 valence electrons. The van der Waals surface area contributed by atoms with E-state index < -0.39 is 0 Å². The van der Waals surface area contributed by atoms with Gasteiger partial charge in [-0.2, -0.15) is 0 Å². The van der Waals surface area contributed by atoms with Gasteiger partial charge in [-0.15, -0.1) is 11.8 Å². The monoisotopic (exact) mass is 363 g/mol. The summed E-state index contributed by atoms with van der Waals surface area (Å²) in [5.74, 6) is 0.426. The van der Waals surface area contributed by atoms with Crippen molar-refractivity contribution < 1.29 is 4.79 Å². The van der Waals surface area contributed by atoms with Gasteiger partial charge in [0.25, 0.3) is 0 Å². The van der Waals surface area contributed by atoms with Crippen LogP contribution in [0.4, 0.5) is 0 Å². The summed E-state index contributed by atoms with van der Waals surface area (Å²) in [6.07, 6.45) is 0. The highest BCUT2D eigenvalue weighted by Gasteiger charge is 2.02. The fourth-order valence-corrected chi connectivity index (χ4v) is 2.06. The number of nitrogens with one attached hydrogen (secondary N) is 1. The van der Waals surface area contributed by atoms with Crippen LogP contribution in [0, 0.1) is 0 Å². The molecule has 0 aliphatic heterocycles. The van der Waals surface area contributed by atoms with Gasteiger partial charge in [0, 0.05) is 20.4 Å².